The summed E-state index contributed by atoms with van der Waals surface area (Å²) in [5.74, 6) is 0.920. The number of carbonyl (C=O) groups is 1. The lowest BCUT2D eigenvalue weighted by Gasteiger charge is -2.14. The number of rotatable bonds is 5. The molecular formula is C19H19N3O4. The fourth-order valence-corrected chi connectivity index (χ4v) is 2.78. The van der Waals surface area contributed by atoms with E-state index in [-0.39, 0.29) is 5.97 Å². The van der Waals surface area contributed by atoms with E-state index in [1.54, 1.807) is 37.2 Å². The number of methoxy groups -OCH3 is 3. The largest absolute Gasteiger partial charge is 0.493 e. The average Bonchev–Trinajstić information content (AvgIpc) is 3.16. The third-order valence-electron chi connectivity index (χ3n) is 4.04. The zero-order valence-corrected chi connectivity index (χ0v) is 15.0. The first-order chi connectivity index (χ1) is 12.6. The molecule has 7 nitrogen and oxygen atoms in total. The summed E-state index contributed by atoms with van der Waals surface area (Å²) in [6, 6.07) is 10.9. The Morgan fingerprint density at radius 1 is 1.04 bits per heavy atom. The van der Waals surface area contributed by atoms with Gasteiger partial charge >= 0.3 is 5.97 Å². The molecule has 0 saturated carbocycles. The molecule has 2 aromatic carbocycles. The second kappa shape index (κ2) is 7.26. The molecule has 0 unspecified atom stereocenters. The number of ether oxygens (including phenoxy) is 3. The number of aryl methyl sites for hydroxylation is 1. The molecule has 1 aromatic heterocycles. The number of esters is 1. The van der Waals surface area contributed by atoms with Gasteiger partial charge in [0.25, 0.3) is 0 Å². The van der Waals surface area contributed by atoms with E-state index < -0.39 is 0 Å². The Morgan fingerprint density at radius 2 is 1.77 bits per heavy atom. The van der Waals surface area contributed by atoms with Crippen LogP contribution in [0.25, 0.3) is 16.9 Å². The Labute approximate surface area is 151 Å². The topological polar surface area (TPSA) is 75.5 Å². The number of aromatic nitrogens is 3. The van der Waals surface area contributed by atoms with Gasteiger partial charge in [-0.1, -0.05) is 17.3 Å². The van der Waals surface area contributed by atoms with Gasteiger partial charge in [-0.2, -0.15) is 0 Å². The highest BCUT2D eigenvalue weighted by Crippen LogP contribution is 2.34. The molecule has 3 rings (SSSR count). The average molecular weight is 353 g/mol. The summed E-state index contributed by atoms with van der Waals surface area (Å²) >= 11 is 0. The van der Waals surface area contributed by atoms with Crippen LogP contribution in [0.1, 0.15) is 15.9 Å². The van der Waals surface area contributed by atoms with Crippen molar-refractivity contribution in [1.82, 2.24) is 15.0 Å². The van der Waals surface area contributed by atoms with Crippen LogP contribution >= 0.6 is 0 Å². The first-order valence-corrected chi connectivity index (χ1v) is 7.91. The van der Waals surface area contributed by atoms with Gasteiger partial charge in [-0.05, 0) is 30.7 Å². The summed E-state index contributed by atoms with van der Waals surface area (Å²) in [4.78, 5) is 11.6. The molecule has 0 saturated heterocycles. The van der Waals surface area contributed by atoms with Gasteiger partial charge < -0.3 is 14.2 Å². The molecule has 0 atom stereocenters. The summed E-state index contributed by atoms with van der Waals surface area (Å²) in [5, 5.41) is 8.21. The molecular weight excluding hydrogens is 334 g/mol. The maximum atomic E-state index is 11.6. The van der Waals surface area contributed by atoms with Crippen LogP contribution < -0.4 is 9.47 Å². The van der Waals surface area contributed by atoms with Crippen LogP contribution in [0.15, 0.2) is 42.6 Å². The van der Waals surface area contributed by atoms with Gasteiger partial charge in [-0.25, -0.2) is 9.48 Å². The number of hydrogen-bond donors (Lipinski definition) is 0. The lowest BCUT2D eigenvalue weighted by Crippen LogP contribution is -2.03. The van der Waals surface area contributed by atoms with Crippen molar-refractivity contribution >= 4 is 5.97 Å². The van der Waals surface area contributed by atoms with Crippen LogP contribution in [0.2, 0.25) is 0 Å². The minimum absolute atomic E-state index is 0.376. The quantitative estimate of drug-likeness (QED) is 0.656. The number of hydrogen-bond acceptors (Lipinski definition) is 6. The van der Waals surface area contributed by atoms with Crippen molar-refractivity contribution in [2.24, 2.45) is 0 Å². The zero-order chi connectivity index (χ0) is 18.7. The van der Waals surface area contributed by atoms with Gasteiger partial charge in [0.1, 0.15) is 0 Å². The van der Waals surface area contributed by atoms with Crippen molar-refractivity contribution in [2.75, 3.05) is 21.3 Å². The van der Waals surface area contributed by atoms with Gasteiger partial charge in [0.15, 0.2) is 11.5 Å². The Kier molecular flexibility index (Phi) is 4.88. The van der Waals surface area contributed by atoms with Crippen LogP contribution in [0.5, 0.6) is 11.5 Å². The molecule has 3 aromatic rings. The Hall–Kier alpha value is -3.35. The molecule has 0 fully saturated rings. The fraction of sp³-hybridized carbons (Fsp3) is 0.211. The van der Waals surface area contributed by atoms with Crippen molar-refractivity contribution in [3.8, 4) is 28.4 Å². The van der Waals surface area contributed by atoms with Gasteiger partial charge in [0, 0.05) is 11.6 Å². The predicted molar refractivity (Wildman–Crippen MR) is 96.0 cm³/mol. The number of carbonyl (C=O) groups excluding carboxylic acids is 1. The van der Waals surface area contributed by atoms with E-state index in [1.165, 1.54) is 7.11 Å². The summed E-state index contributed by atoms with van der Waals surface area (Å²) in [6.45, 7) is 1.94. The summed E-state index contributed by atoms with van der Waals surface area (Å²) in [5.41, 5.74) is 3.86. The maximum Gasteiger partial charge on any atom is 0.337 e. The zero-order valence-electron chi connectivity index (χ0n) is 15.0. The Bertz CT molecular complexity index is 932. The Balaban J connectivity index is 2.04. The first-order valence-electron chi connectivity index (χ1n) is 7.91. The van der Waals surface area contributed by atoms with Crippen molar-refractivity contribution in [3.05, 3.63) is 53.7 Å². The van der Waals surface area contributed by atoms with Crippen LogP contribution in [-0.2, 0) is 4.74 Å². The lowest BCUT2D eigenvalue weighted by molar-refractivity contribution is 0.0601. The van der Waals surface area contributed by atoms with E-state index in [0.29, 0.717) is 17.1 Å². The third-order valence-corrected chi connectivity index (χ3v) is 4.04. The molecule has 7 heteroatoms. The monoisotopic (exact) mass is 353 g/mol. The summed E-state index contributed by atoms with van der Waals surface area (Å²) < 4.78 is 17.2. The van der Waals surface area contributed by atoms with Gasteiger partial charge in [-0.3, -0.25) is 0 Å². The first kappa shape index (κ1) is 17.5. The molecule has 0 aliphatic rings. The van der Waals surface area contributed by atoms with E-state index in [0.717, 1.165) is 22.5 Å². The highest BCUT2D eigenvalue weighted by atomic mass is 16.5. The smallest absolute Gasteiger partial charge is 0.337 e. The van der Waals surface area contributed by atoms with E-state index in [4.69, 9.17) is 14.2 Å². The van der Waals surface area contributed by atoms with Gasteiger partial charge in [0.2, 0.25) is 0 Å². The lowest BCUT2D eigenvalue weighted by atomic mass is 10.1. The molecule has 0 aliphatic carbocycles. The van der Waals surface area contributed by atoms with Crippen molar-refractivity contribution in [3.63, 3.8) is 0 Å². The highest BCUT2D eigenvalue weighted by molar-refractivity contribution is 5.89. The molecule has 0 aliphatic heterocycles. The second-order valence-electron chi connectivity index (χ2n) is 5.60. The molecule has 0 N–H and O–H groups in total. The second-order valence-corrected chi connectivity index (χ2v) is 5.60. The standard InChI is InChI=1S/C19H19N3O4/c1-12-9-15(10-17(24-2)18(12)25-3)22-16(11-20-21-22)13-5-7-14(8-6-13)19(23)26-4/h5-11H,1-4H3. The minimum Gasteiger partial charge on any atom is -0.493 e. The Morgan fingerprint density at radius 3 is 2.38 bits per heavy atom. The summed E-state index contributed by atoms with van der Waals surface area (Å²) in [6.07, 6.45) is 1.67. The van der Waals surface area contributed by atoms with E-state index >= 15 is 0 Å². The highest BCUT2D eigenvalue weighted by Gasteiger charge is 2.15. The summed E-state index contributed by atoms with van der Waals surface area (Å²) in [7, 11) is 4.55. The molecule has 1 heterocycles. The van der Waals surface area contributed by atoms with Crippen LogP contribution in [0.4, 0.5) is 0 Å². The van der Waals surface area contributed by atoms with E-state index in [9.17, 15) is 4.79 Å². The molecule has 0 bridgehead atoms. The molecule has 134 valence electrons. The molecule has 26 heavy (non-hydrogen) atoms. The molecule has 0 radical (unpaired) electrons. The van der Waals surface area contributed by atoms with Crippen LogP contribution in [-0.4, -0.2) is 42.3 Å². The van der Waals surface area contributed by atoms with E-state index in [2.05, 4.69) is 10.3 Å². The van der Waals surface area contributed by atoms with Crippen molar-refractivity contribution < 1.29 is 19.0 Å². The van der Waals surface area contributed by atoms with Crippen LogP contribution in [0, 0.1) is 6.92 Å². The molecule has 0 spiro atoms. The van der Waals surface area contributed by atoms with Crippen molar-refractivity contribution in [2.45, 2.75) is 6.92 Å². The predicted octanol–water partition coefficient (Wildman–Crippen LogP) is 3.05. The minimum atomic E-state index is -0.376. The maximum absolute atomic E-state index is 11.6. The van der Waals surface area contributed by atoms with Crippen LogP contribution in [0.3, 0.4) is 0 Å². The SMILES string of the molecule is COC(=O)c1ccc(-c2cnnn2-c2cc(C)c(OC)c(OC)c2)cc1. The van der Waals surface area contributed by atoms with Crippen molar-refractivity contribution in [1.29, 1.82) is 0 Å². The fourth-order valence-electron chi connectivity index (χ4n) is 2.78. The molecule has 0 amide bonds. The van der Waals surface area contributed by atoms with E-state index in [1.807, 2.05) is 31.2 Å². The third kappa shape index (κ3) is 3.11. The number of nitrogens with zero attached hydrogens (tertiary/aromatic N) is 3. The normalized spacial score (nSPS) is 10.5. The number of benzene rings is 2. The van der Waals surface area contributed by atoms with Gasteiger partial charge in [0.05, 0.1) is 44.5 Å². The van der Waals surface area contributed by atoms with Gasteiger partial charge in [-0.15, -0.1) is 5.10 Å².